The second-order valence-corrected chi connectivity index (χ2v) is 7.30. The molecule has 0 aliphatic carbocycles. The van der Waals surface area contributed by atoms with Gasteiger partial charge >= 0.3 is 6.03 Å². The fraction of sp³-hybridized carbons (Fsp3) is 0.318. The number of carbonyl (C=O) groups excluding carboxylic acids is 3. The zero-order chi connectivity index (χ0) is 23.0. The summed E-state index contributed by atoms with van der Waals surface area (Å²) in [6.07, 6.45) is 0.967. The monoisotopic (exact) mass is 428 g/mol. The van der Waals surface area contributed by atoms with Gasteiger partial charge < -0.3 is 21.5 Å². The quantitative estimate of drug-likeness (QED) is 0.302. The molecule has 0 bridgehead atoms. The number of aliphatic hydroxyl groups is 1. The Balaban J connectivity index is 1.89. The van der Waals surface area contributed by atoms with Crippen LogP contribution in [0.1, 0.15) is 29.8 Å². The average Bonchev–Trinajstić information content (AvgIpc) is 2.77. The lowest BCUT2D eigenvalue weighted by atomic mass is 10.0. The van der Waals surface area contributed by atoms with Crippen LogP contribution in [0.4, 0.5) is 4.79 Å². The van der Waals surface area contributed by atoms with Gasteiger partial charge in [0.05, 0.1) is 13.1 Å². The van der Waals surface area contributed by atoms with E-state index in [1.807, 2.05) is 24.3 Å². The Kier molecular flexibility index (Phi) is 8.12. The lowest BCUT2D eigenvalue weighted by molar-refractivity contribution is -0.137. The van der Waals surface area contributed by atoms with Gasteiger partial charge in [-0.05, 0) is 42.2 Å². The van der Waals surface area contributed by atoms with Crippen LogP contribution in [0.3, 0.4) is 0 Å². The van der Waals surface area contributed by atoms with E-state index in [9.17, 15) is 19.5 Å². The Morgan fingerprint density at radius 3 is 2.06 bits per heavy atom. The van der Waals surface area contributed by atoms with Crippen molar-refractivity contribution < 1.29 is 24.7 Å². The van der Waals surface area contributed by atoms with Gasteiger partial charge in [0.2, 0.25) is 0 Å². The fourth-order valence-electron chi connectivity index (χ4n) is 2.76. The van der Waals surface area contributed by atoms with Crippen LogP contribution < -0.4 is 16.4 Å². The lowest BCUT2D eigenvalue weighted by Gasteiger charge is -2.23. The van der Waals surface area contributed by atoms with Gasteiger partial charge in [0.15, 0.2) is 5.60 Å². The van der Waals surface area contributed by atoms with Crippen molar-refractivity contribution in [3.05, 3.63) is 59.7 Å². The second kappa shape index (κ2) is 10.6. The predicted octanol–water partition coefficient (Wildman–Crippen LogP) is 1.28. The molecule has 0 radical (unpaired) electrons. The van der Waals surface area contributed by atoms with Crippen molar-refractivity contribution in [2.75, 3.05) is 19.6 Å². The predicted molar refractivity (Wildman–Crippen MR) is 115 cm³/mol. The Morgan fingerprint density at radius 1 is 1.00 bits per heavy atom. The SMILES string of the molecule is CCc1ccc(-c2ccc(C(=O)NC[C@@](C)(O)C(=O)NCCN(O)C(N)=O)cc2)cc1. The largest absolute Gasteiger partial charge is 0.378 e. The number of nitrogens with two attached hydrogens (primary N) is 1. The summed E-state index contributed by atoms with van der Waals surface area (Å²) in [5.41, 5.74) is 6.62. The number of primary amides is 1. The lowest BCUT2D eigenvalue weighted by Crippen LogP contribution is -2.53. The van der Waals surface area contributed by atoms with Gasteiger partial charge in [0.25, 0.3) is 11.8 Å². The second-order valence-electron chi connectivity index (χ2n) is 7.30. The van der Waals surface area contributed by atoms with Crippen molar-refractivity contribution in [3.63, 3.8) is 0 Å². The fourth-order valence-corrected chi connectivity index (χ4v) is 2.76. The molecule has 0 unspecified atom stereocenters. The molecule has 0 aliphatic rings. The van der Waals surface area contributed by atoms with Crippen LogP contribution in [-0.4, -0.2) is 58.5 Å². The van der Waals surface area contributed by atoms with E-state index in [-0.39, 0.29) is 24.7 Å². The number of hydrogen-bond donors (Lipinski definition) is 5. The van der Waals surface area contributed by atoms with E-state index < -0.39 is 23.4 Å². The molecular weight excluding hydrogens is 400 g/mol. The Bertz CT molecular complexity index is 911. The summed E-state index contributed by atoms with van der Waals surface area (Å²) >= 11 is 0. The van der Waals surface area contributed by atoms with E-state index in [2.05, 4.69) is 29.7 Å². The number of nitrogens with zero attached hydrogens (tertiary/aromatic N) is 1. The molecule has 6 N–H and O–H groups in total. The third kappa shape index (κ3) is 6.80. The van der Waals surface area contributed by atoms with Crippen LogP contribution in [-0.2, 0) is 11.2 Å². The van der Waals surface area contributed by atoms with Crippen molar-refractivity contribution in [2.24, 2.45) is 5.73 Å². The molecule has 0 aromatic heterocycles. The maximum atomic E-state index is 12.4. The van der Waals surface area contributed by atoms with Gasteiger partial charge in [0.1, 0.15) is 0 Å². The summed E-state index contributed by atoms with van der Waals surface area (Å²) in [7, 11) is 0. The van der Waals surface area contributed by atoms with E-state index in [1.165, 1.54) is 12.5 Å². The molecule has 2 rings (SSSR count). The van der Waals surface area contributed by atoms with Crippen LogP contribution in [0.25, 0.3) is 11.1 Å². The number of nitrogens with one attached hydrogen (secondary N) is 2. The molecule has 9 nitrogen and oxygen atoms in total. The molecule has 0 heterocycles. The molecule has 0 saturated heterocycles. The molecule has 31 heavy (non-hydrogen) atoms. The Morgan fingerprint density at radius 2 is 1.55 bits per heavy atom. The zero-order valence-electron chi connectivity index (χ0n) is 17.6. The molecule has 2 aromatic rings. The minimum Gasteiger partial charge on any atom is -0.378 e. The highest BCUT2D eigenvalue weighted by Gasteiger charge is 2.30. The number of amides is 4. The van der Waals surface area contributed by atoms with Crippen molar-refractivity contribution in [1.29, 1.82) is 0 Å². The highest BCUT2D eigenvalue weighted by molar-refractivity contribution is 5.95. The van der Waals surface area contributed by atoms with E-state index in [0.29, 0.717) is 5.56 Å². The summed E-state index contributed by atoms with van der Waals surface area (Å²) in [5, 5.41) is 24.6. The molecule has 0 fully saturated rings. The van der Waals surface area contributed by atoms with Gasteiger partial charge in [-0.25, -0.2) is 9.86 Å². The molecule has 1 atom stereocenters. The van der Waals surface area contributed by atoms with Crippen molar-refractivity contribution in [1.82, 2.24) is 15.7 Å². The highest BCUT2D eigenvalue weighted by Crippen LogP contribution is 2.20. The van der Waals surface area contributed by atoms with Gasteiger partial charge in [-0.1, -0.05) is 43.3 Å². The first-order chi connectivity index (χ1) is 14.6. The molecule has 4 amide bonds. The molecule has 0 saturated carbocycles. The number of urea groups is 1. The van der Waals surface area contributed by atoms with Gasteiger partial charge in [0, 0.05) is 12.1 Å². The van der Waals surface area contributed by atoms with Crippen LogP contribution in [0.5, 0.6) is 0 Å². The van der Waals surface area contributed by atoms with Crippen LogP contribution in [0, 0.1) is 0 Å². The number of hydrogen-bond acceptors (Lipinski definition) is 5. The smallest absolute Gasteiger partial charge is 0.338 e. The minimum absolute atomic E-state index is 0.122. The van der Waals surface area contributed by atoms with Gasteiger partial charge in [-0.3, -0.25) is 14.8 Å². The number of aryl methyl sites for hydroxylation is 1. The summed E-state index contributed by atoms with van der Waals surface area (Å²) in [5.74, 6) is -1.20. The van der Waals surface area contributed by atoms with Crippen LogP contribution in [0.15, 0.2) is 48.5 Å². The number of hydroxylamine groups is 2. The van der Waals surface area contributed by atoms with Crippen molar-refractivity contribution >= 4 is 17.8 Å². The standard InChI is InChI=1S/C22H28N4O5/c1-3-15-4-6-16(7-5-15)17-8-10-18(11-9-17)19(27)25-14-22(2,30)20(28)24-12-13-26(31)21(23)29/h4-11,30-31H,3,12-14H2,1-2H3,(H2,23,29)(H,24,28)(H,25,27)/t22-/m1/s1. The maximum absolute atomic E-state index is 12.4. The van der Waals surface area contributed by atoms with Gasteiger partial charge in [-0.2, -0.15) is 0 Å². The molecule has 9 heteroatoms. The Hall–Kier alpha value is -3.43. The molecule has 0 aliphatic heterocycles. The number of rotatable bonds is 9. The summed E-state index contributed by atoms with van der Waals surface area (Å²) in [4.78, 5) is 35.2. The number of benzene rings is 2. The molecule has 166 valence electrons. The van der Waals surface area contributed by atoms with Gasteiger partial charge in [-0.15, -0.1) is 0 Å². The first-order valence-corrected chi connectivity index (χ1v) is 9.88. The first-order valence-electron chi connectivity index (χ1n) is 9.88. The van der Waals surface area contributed by atoms with E-state index >= 15 is 0 Å². The van der Waals surface area contributed by atoms with E-state index in [1.54, 1.807) is 12.1 Å². The van der Waals surface area contributed by atoms with E-state index in [0.717, 1.165) is 17.5 Å². The normalized spacial score (nSPS) is 12.5. The average molecular weight is 428 g/mol. The first kappa shape index (κ1) is 23.8. The Labute approximate surface area is 180 Å². The summed E-state index contributed by atoms with van der Waals surface area (Å²) in [6.45, 7) is 2.66. The third-order valence-electron chi connectivity index (χ3n) is 4.79. The van der Waals surface area contributed by atoms with Crippen molar-refractivity contribution in [3.8, 4) is 11.1 Å². The maximum Gasteiger partial charge on any atom is 0.338 e. The van der Waals surface area contributed by atoms with E-state index in [4.69, 9.17) is 10.9 Å². The zero-order valence-corrected chi connectivity index (χ0v) is 17.6. The summed E-state index contributed by atoms with van der Waals surface area (Å²) < 4.78 is 0. The highest BCUT2D eigenvalue weighted by atomic mass is 16.5. The van der Waals surface area contributed by atoms with Crippen LogP contribution in [0.2, 0.25) is 0 Å². The molecule has 2 aromatic carbocycles. The number of carbonyl (C=O) groups is 3. The van der Waals surface area contributed by atoms with Crippen molar-refractivity contribution in [2.45, 2.75) is 25.9 Å². The third-order valence-corrected chi connectivity index (χ3v) is 4.79. The summed E-state index contributed by atoms with van der Waals surface area (Å²) in [6, 6.07) is 14.1. The molecular formula is C22H28N4O5. The van der Waals surface area contributed by atoms with Crippen LogP contribution >= 0.6 is 0 Å². The topological polar surface area (TPSA) is 145 Å². The molecule has 0 spiro atoms. The minimum atomic E-state index is -1.89.